The second-order valence-electron chi connectivity index (χ2n) is 4.14. The van der Waals surface area contributed by atoms with Crippen LogP contribution < -0.4 is 4.90 Å². The zero-order valence-corrected chi connectivity index (χ0v) is 9.18. The number of aryl methyl sites for hydroxylation is 1. The minimum absolute atomic E-state index is 0.0438. The van der Waals surface area contributed by atoms with Gasteiger partial charge in [0.25, 0.3) is 0 Å². The summed E-state index contributed by atoms with van der Waals surface area (Å²) in [5, 5.41) is 18.5. The van der Waals surface area contributed by atoms with Gasteiger partial charge in [0.2, 0.25) is 5.91 Å². The second kappa shape index (κ2) is 4.23. The Balaban J connectivity index is 2.35. The van der Waals surface area contributed by atoms with Crippen LogP contribution in [0.1, 0.15) is 17.5 Å². The van der Waals surface area contributed by atoms with Gasteiger partial charge in [0.1, 0.15) is 0 Å². The molecule has 0 aliphatic carbocycles. The molecule has 0 radical (unpaired) electrons. The van der Waals surface area contributed by atoms with Crippen LogP contribution in [0.2, 0.25) is 0 Å². The first-order valence-corrected chi connectivity index (χ1v) is 5.30. The third-order valence-corrected chi connectivity index (χ3v) is 2.85. The molecule has 16 heavy (non-hydrogen) atoms. The molecule has 1 aromatic carbocycles. The number of β-amino-alcohol motifs (C(OH)–C–C–N with tert-alkyl or cyclic N) is 1. The molecule has 0 bridgehead atoms. The number of nitrogens with zero attached hydrogens (tertiary/aromatic N) is 1. The molecule has 0 aromatic heterocycles. The van der Waals surface area contributed by atoms with Crippen LogP contribution in [0.3, 0.4) is 0 Å². The Kier molecular flexibility index (Phi) is 2.94. The fourth-order valence-corrected chi connectivity index (χ4v) is 1.97. The maximum absolute atomic E-state index is 11.6. The molecule has 4 heteroatoms. The van der Waals surface area contributed by atoms with Crippen LogP contribution >= 0.6 is 0 Å². The predicted octanol–water partition coefficient (Wildman–Crippen LogP) is 0.585. The van der Waals surface area contributed by atoms with E-state index in [4.69, 9.17) is 5.11 Å². The minimum Gasteiger partial charge on any atom is -0.392 e. The van der Waals surface area contributed by atoms with E-state index in [1.807, 2.05) is 19.1 Å². The highest BCUT2D eigenvalue weighted by atomic mass is 16.3. The van der Waals surface area contributed by atoms with Gasteiger partial charge in [0, 0.05) is 5.69 Å². The highest BCUT2D eigenvalue weighted by Gasteiger charge is 2.29. The lowest BCUT2D eigenvalue weighted by atomic mass is 10.1. The van der Waals surface area contributed by atoms with Crippen LogP contribution in [0.15, 0.2) is 18.2 Å². The van der Waals surface area contributed by atoms with E-state index in [2.05, 4.69) is 0 Å². The van der Waals surface area contributed by atoms with Crippen molar-refractivity contribution in [2.24, 2.45) is 0 Å². The van der Waals surface area contributed by atoms with Gasteiger partial charge in [0.05, 0.1) is 25.7 Å². The Morgan fingerprint density at radius 1 is 1.50 bits per heavy atom. The average molecular weight is 221 g/mol. The van der Waals surface area contributed by atoms with E-state index in [0.29, 0.717) is 6.54 Å². The summed E-state index contributed by atoms with van der Waals surface area (Å²) < 4.78 is 0. The first kappa shape index (κ1) is 11.1. The SMILES string of the molecule is Cc1ccc(CO)cc1N1CC(O)CC1=O. The van der Waals surface area contributed by atoms with Gasteiger partial charge < -0.3 is 15.1 Å². The van der Waals surface area contributed by atoms with Crippen molar-refractivity contribution in [3.05, 3.63) is 29.3 Å². The molecule has 2 N–H and O–H groups in total. The molecule has 0 spiro atoms. The van der Waals surface area contributed by atoms with Crippen LogP contribution in [0.4, 0.5) is 5.69 Å². The fraction of sp³-hybridized carbons (Fsp3) is 0.417. The van der Waals surface area contributed by atoms with Gasteiger partial charge >= 0.3 is 0 Å². The Hall–Kier alpha value is -1.39. The molecule has 1 fully saturated rings. The van der Waals surface area contributed by atoms with E-state index in [-0.39, 0.29) is 18.9 Å². The Bertz CT molecular complexity index is 417. The number of amides is 1. The van der Waals surface area contributed by atoms with Gasteiger partial charge in [-0.15, -0.1) is 0 Å². The number of hydrogen-bond donors (Lipinski definition) is 2. The minimum atomic E-state index is -0.579. The quantitative estimate of drug-likeness (QED) is 0.768. The molecule has 2 rings (SSSR count). The maximum Gasteiger partial charge on any atom is 0.229 e. The highest BCUT2D eigenvalue weighted by Crippen LogP contribution is 2.26. The Morgan fingerprint density at radius 3 is 2.81 bits per heavy atom. The molecule has 4 nitrogen and oxygen atoms in total. The zero-order valence-electron chi connectivity index (χ0n) is 9.18. The average Bonchev–Trinajstić information content (AvgIpc) is 2.58. The summed E-state index contributed by atoms with van der Waals surface area (Å²) in [6.45, 7) is 2.21. The fourth-order valence-electron chi connectivity index (χ4n) is 1.97. The standard InChI is InChI=1S/C12H15NO3/c1-8-2-3-9(7-14)4-11(8)13-6-10(15)5-12(13)16/h2-4,10,14-15H,5-7H2,1H3. The summed E-state index contributed by atoms with van der Waals surface area (Å²) in [6, 6.07) is 5.50. The summed E-state index contributed by atoms with van der Waals surface area (Å²) >= 11 is 0. The summed E-state index contributed by atoms with van der Waals surface area (Å²) in [6.07, 6.45) is -0.396. The molecule has 0 saturated carbocycles. The Labute approximate surface area is 94.1 Å². The molecule has 86 valence electrons. The van der Waals surface area contributed by atoms with E-state index in [0.717, 1.165) is 16.8 Å². The number of carbonyl (C=O) groups is 1. The summed E-state index contributed by atoms with van der Waals surface area (Å²) in [4.78, 5) is 13.2. The predicted molar refractivity (Wildman–Crippen MR) is 60.1 cm³/mol. The molecule has 1 unspecified atom stereocenters. The molecule has 1 atom stereocenters. The van der Waals surface area contributed by atoms with Crippen LogP contribution in [0.25, 0.3) is 0 Å². The monoisotopic (exact) mass is 221 g/mol. The van der Waals surface area contributed by atoms with E-state index in [1.165, 1.54) is 0 Å². The zero-order chi connectivity index (χ0) is 11.7. The second-order valence-corrected chi connectivity index (χ2v) is 4.14. The lowest BCUT2D eigenvalue weighted by Crippen LogP contribution is -2.26. The molecule has 1 aliphatic heterocycles. The highest BCUT2D eigenvalue weighted by molar-refractivity contribution is 5.96. The largest absolute Gasteiger partial charge is 0.392 e. The van der Waals surface area contributed by atoms with Gasteiger partial charge in [-0.25, -0.2) is 0 Å². The van der Waals surface area contributed by atoms with Crippen molar-refractivity contribution >= 4 is 11.6 Å². The van der Waals surface area contributed by atoms with Crippen molar-refractivity contribution in [2.45, 2.75) is 26.1 Å². The van der Waals surface area contributed by atoms with Crippen LogP contribution in [0, 0.1) is 6.92 Å². The molecular weight excluding hydrogens is 206 g/mol. The Morgan fingerprint density at radius 2 is 2.25 bits per heavy atom. The third kappa shape index (κ3) is 1.94. The van der Waals surface area contributed by atoms with Crippen molar-refractivity contribution in [1.29, 1.82) is 0 Å². The number of carbonyl (C=O) groups excluding carboxylic acids is 1. The van der Waals surface area contributed by atoms with Crippen molar-refractivity contribution in [1.82, 2.24) is 0 Å². The number of benzene rings is 1. The lowest BCUT2D eigenvalue weighted by molar-refractivity contribution is -0.117. The van der Waals surface area contributed by atoms with Crippen LogP contribution in [-0.4, -0.2) is 28.8 Å². The summed E-state index contributed by atoms with van der Waals surface area (Å²) in [7, 11) is 0. The maximum atomic E-state index is 11.6. The van der Waals surface area contributed by atoms with Crippen molar-refractivity contribution in [2.75, 3.05) is 11.4 Å². The summed E-state index contributed by atoms with van der Waals surface area (Å²) in [5.41, 5.74) is 2.53. The third-order valence-electron chi connectivity index (χ3n) is 2.85. The number of anilines is 1. The summed E-state index contributed by atoms with van der Waals surface area (Å²) in [5.74, 6) is -0.0642. The number of aliphatic hydroxyl groups excluding tert-OH is 2. The molecule has 1 saturated heterocycles. The molecule has 1 amide bonds. The van der Waals surface area contributed by atoms with Gasteiger partial charge in [0.15, 0.2) is 0 Å². The van der Waals surface area contributed by atoms with Gasteiger partial charge in [-0.1, -0.05) is 12.1 Å². The lowest BCUT2D eigenvalue weighted by Gasteiger charge is -2.19. The molecule has 1 heterocycles. The number of rotatable bonds is 2. The topological polar surface area (TPSA) is 60.8 Å². The molecule has 1 aromatic rings. The van der Waals surface area contributed by atoms with Crippen molar-refractivity contribution in [3.8, 4) is 0 Å². The van der Waals surface area contributed by atoms with Gasteiger partial charge in [-0.3, -0.25) is 4.79 Å². The van der Waals surface area contributed by atoms with Crippen LogP contribution in [0.5, 0.6) is 0 Å². The molecular formula is C12H15NO3. The van der Waals surface area contributed by atoms with E-state index in [9.17, 15) is 9.90 Å². The first-order valence-electron chi connectivity index (χ1n) is 5.30. The normalized spacial score (nSPS) is 20.6. The number of hydrogen-bond acceptors (Lipinski definition) is 3. The van der Waals surface area contributed by atoms with Crippen molar-refractivity contribution < 1.29 is 15.0 Å². The molecule has 1 aliphatic rings. The van der Waals surface area contributed by atoms with Gasteiger partial charge in [-0.2, -0.15) is 0 Å². The van der Waals surface area contributed by atoms with Crippen molar-refractivity contribution in [3.63, 3.8) is 0 Å². The smallest absolute Gasteiger partial charge is 0.229 e. The number of aliphatic hydroxyl groups is 2. The van der Waals surface area contributed by atoms with Crippen LogP contribution in [-0.2, 0) is 11.4 Å². The first-order chi connectivity index (χ1) is 7.61. The van der Waals surface area contributed by atoms with Gasteiger partial charge in [-0.05, 0) is 24.1 Å². The van der Waals surface area contributed by atoms with E-state index < -0.39 is 6.10 Å². The van der Waals surface area contributed by atoms with E-state index in [1.54, 1.807) is 11.0 Å². The van der Waals surface area contributed by atoms with E-state index >= 15 is 0 Å².